The molecule has 0 bridgehead atoms. The maximum absolute atomic E-state index is 10.7. The highest BCUT2D eigenvalue weighted by atomic mass is 32.2. The molecule has 5 nitrogen and oxygen atoms in total. The molecule has 6 heteroatoms. The molecule has 0 saturated carbocycles. The van der Waals surface area contributed by atoms with Gasteiger partial charge in [0.25, 0.3) is 0 Å². The van der Waals surface area contributed by atoms with Crippen LogP contribution in [0, 0.1) is 0 Å². The van der Waals surface area contributed by atoms with Crippen molar-refractivity contribution in [1.82, 2.24) is 5.32 Å². The molecule has 13 heavy (non-hydrogen) atoms. The minimum atomic E-state index is -1.03. The first-order valence-electron chi connectivity index (χ1n) is 3.74. The Morgan fingerprint density at radius 2 is 1.85 bits per heavy atom. The monoisotopic (exact) mass is 205 g/mol. The Kier molecular flexibility index (Phi) is 2.53. The lowest BCUT2D eigenvalue weighted by Gasteiger charge is -2.20. The molecular formula is C7H11NO4S. The van der Waals surface area contributed by atoms with Gasteiger partial charge in [0.05, 0.1) is 0 Å². The number of carboxylic acid groups (broad SMARTS) is 2. The van der Waals surface area contributed by atoms with Crippen LogP contribution in [0.5, 0.6) is 0 Å². The lowest BCUT2D eigenvalue weighted by Crippen LogP contribution is -2.45. The lowest BCUT2D eigenvalue weighted by molar-refractivity contribution is -0.140. The van der Waals surface area contributed by atoms with E-state index in [0.29, 0.717) is 0 Å². The van der Waals surface area contributed by atoms with E-state index in [0.717, 1.165) is 11.8 Å². The molecule has 1 unspecified atom stereocenters. The Hall–Kier alpha value is -0.750. The quantitative estimate of drug-likeness (QED) is 0.586. The van der Waals surface area contributed by atoms with Gasteiger partial charge in [0.1, 0.15) is 6.04 Å². The number of nitrogens with one attached hydrogen (secondary N) is 1. The molecule has 1 rings (SSSR count). The van der Waals surface area contributed by atoms with Gasteiger partial charge in [-0.1, -0.05) is 0 Å². The van der Waals surface area contributed by atoms with Crippen molar-refractivity contribution in [3.63, 3.8) is 0 Å². The molecule has 1 aliphatic heterocycles. The summed E-state index contributed by atoms with van der Waals surface area (Å²) in [6, 6.07) is -0.807. The third kappa shape index (κ3) is 1.94. The van der Waals surface area contributed by atoms with E-state index in [1.807, 2.05) is 0 Å². The van der Waals surface area contributed by atoms with Gasteiger partial charge in [0.15, 0.2) is 5.37 Å². The Morgan fingerprint density at radius 1 is 1.31 bits per heavy atom. The van der Waals surface area contributed by atoms with Crippen LogP contribution in [0.15, 0.2) is 0 Å². The average Bonchev–Trinajstić information content (AvgIpc) is 2.25. The van der Waals surface area contributed by atoms with Crippen molar-refractivity contribution in [3.05, 3.63) is 0 Å². The molecule has 0 aromatic heterocycles. The van der Waals surface area contributed by atoms with Crippen LogP contribution in [0.2, 0.25) is 0 Å². The van der Waals surface area contributed by atoms with Crippen LogP contribution in [0.25, 0.3) is 0 Å². The second-order valence-corrected chi connectivity index (χ2v) is 5.14. The van der Waals surface area contributed by atoms with Crippen LogP contribution < -0.4 is 5.32 Å². The second-order valence-electron chi connectivity index (χ2n) is 3.38. The summed E-state index contributed by atoms with van der Waals surface area (Å²) < 4.78 is -0.588. The van der Waals surface area contributed by atoms with Gasteiger partial charge in [0.2, 0.25) is 0 Å². The highest BCUT2D eigenvalue weighted by molar-refractivity contribution is 8.02. The largest absolute Gasteiger partial charge is 0.480 e. The fourth-order valence-corrected chi connectivity index (χ4v) is 2.47. The smallest absolute Gasteiger partial charge is 0.331 e. The number of hydrogen-bond donors (Lipinski definition) is 3. The minimum Gasteiger partial charge on any atom is -0.480 e. The van der Waals surface area contributed by atoms with Crippen LogP contribution in [-0.2, 0) is 9.59 Å². The zero-order valence-electron chi connectivity index (χ0n) is 7.27. The molecule has 2 atom stereocenters. The van der Waals surface area contributed by atoms with E-state index in [-0.39, 0.29) is 0 Å². The number of hydrogen-bond acceptors (Lipinski definition) is 4. The zero-order chi connectivity index (χ0) is 10.2. The summed E-state index contributed by atoms with van der Waals surface area (Å²) in [5.74, 6) is -2.04. The van der Waals surface area contributed by atoms with Gasteiger partial charge in [-0.2, -0.15) is 0 Å². The molecule has 0 radical (unpaired) electrons. The normalized spacial score (nSPS) is 31.5. The summed E-state index contributed by atoms with van der Waals surface area (Å²) in [6.45, 7) is 3.43. The molecule has 0 aromatic carbocycles. The molecule has 74 valence electrons. The van der Waals surface area contributed by atoms with Gasteiger partial charge in [0, 0.05) is 4.75 Å². The molecule has 1 fully saturated rings. The molecule has 0 spiro atoms. The topological polar surface area (TPSA) is 86.6 Å². The van der Waals surface area contributed by atoms with Crippen molar-refractivity contribution in [2.24, 2.45) is 0 Å². The Balaban J connectivity index is 2.79. The van der Waals surface area contributed by atoms with Gasteiger partial charge >= 0.3 is 11.9 Å². The summed E-state index contributed by atoms with van der Waals surface area (Å²) in [4.78, 5) is 21.3. The van der Waals surface area contributed by atoms with E-state index in [1.54, 1.807) is 13.8 Å². The summed E-state index contributed by atoms with van der Waals surface area (Å²) in [6.07, 6.45) is 0. The fraction of sp³-hybridized carbons (Fsp3) is 0.714. The molecule has 0 aromatic rings. The number of carbonyl (C=O) groups is 2. The summed E-state index contributed by atoms with van der Waals surface area (Å²) >= 11 is 1.12. The zero-order valence-corrected chi connectivity index (χ0v) is 8.09. The highest BCUT2D eigenvalue weighted by Gasteiger charge is 2.47. The van der Waals surface area contributed by atoms with E-state index < -0.39 is 28.1 Å². The fourth-order valence-electron chi connectivity index (χ4n) is 1.25. The first-order chi connectivity index (χ1) is 5.84. The van der Waals surface area contributed by atoms with E-state index in [9.17, 15) is 9.59 Å². The predicted octanol–water partition coefficient (Wildman–Crippen LogP) is -0.0347. The van der Waals surface area contributed by atoms with Crippen molar-refractivity contribution in [2.75, 3.05) is 0 Å². The van der Waals surface area contributed by atoms with Gasteiger partial charge in [-0.05, 0) is 13.8 Å². The van der Waals surface area contributed by atoms with Crippen LogP contribution in [0.1, 0.15) is 13.8 Å². The van der Waals surface area contributed by atoms with Gasteiger partial charge in [-0.25, -0.2) is 4.79 Å². The maximum Gasteiger partial charge on any atom is 0.331 e. The molecule has 0 amide bonds. The number of thioether (sulfide) groups is 1. The van der Waals surface area contributed by atoms with E-state index in [4.69, 9.17) is 10.2 Å². The van der Waals surface area contributed by atoms with Gasteiger partial charge < -0.3 is 10.2 Å². The van der Waals surface area contributed by atoms with Crippen molar-refractivity contribution in [2.45, 2.75) is 30.0 Å². The van der Waals surface area contributed by atoms with Crippen LogP contribution in [0.3, 0.4) is 0 Å². The molecule has 0 aliphatic carbocycles. The van der Waals surface area contributed by atoms with Crippen molar-refractivity contribution >= 4 is 23.7 Å². The Labute approximate surface area is 79.5 Å². The van der Waals surface area contributed by atoms with Crippen LogP contribution >= 0.6 is 11.8 Å². The second kappa shape index (κ2) is 3.19. The van der Waals surface area contributed by atoms with Crippen molar-refractivity contribution < 1.29 is 19.8 Å². The van der Waals surface area contributed by atoms with Gasteiger partial charge in [-0.15, -0.1) is 11.8 Å². The lowest BCUT2D eigenvalue weighted by atomic mass is 10.0. The van der Waals surface area contributed by atoms with Crippen molar-refractivity contribution in [3.8, 4) is 0 Å². The summed E-state index contributed by atoms with van der Waals surface area (Å²) in [5.41, 5.74) is 0. The molecular weight excluding hydrogens is 194 g/mol. The summed E-state index contributed by atoms with van der Waals surface area (Å²) in [7, 11) is 0. The SMILES string of the molecule is CC1(C)SC(C(=O)O)N[C@H]1C(=O)O. The Bertz CT molecular complexity index is 253. The van der Waals surface area contributed by atoms with E-state index in [2.05, 4.69) is 5.32 Å². The molecule has 1 saturated heterocycles. The number of carboxylic acids is 2. The molecule has 1 aliphatic rings. The highest BCUT2D eigenvalue weighted by Crippen LogP contribution is 2.37. The van der Waals surface area contributed by atoms with Crippen LogP contribution in [0.4, 0.5) is 0 Å². The molecule has 1 heterocycles. The van der Waals surface area contributed by atoms with E-state index >= 15 is 0 Å². The van der Waals surface area contributed by atoms with E-state index in [1.165, 1.54) is 0 Å². The number of rotatable bonds is 2. The predicted molar refractivity (Wildman–Crippen MR) is 47.7 cm³/mol. The first-order valence-corrected chi connectivity index (χ1v) is 4.62. The van der Waals surface area contributed by atoms with Gasteiger partial charge in [-0.3, -0.25) is 10.1 Å². The minimum absolute atomic E-state index is 0.588. The summed E-state index contributed by atoms with van der Waals surface area (Å²) in [5, 5.41) is 19.2. The third-order valence-electron chi connectivity index (χ3n) is 1.91. The molecule has 3 N–H and O–H groups in total. The Morgan fingerprint density at radius 3 is 2.08 bits per heavy atom. The van der Waals surface area contributed by atoms with Crippen LogP contribution in [-0.4, -0.2) is 38.3 Å². The van der Waals surface area contributed by atoms with Crippen molar-refractivity contribution in [1.29, 1.82) is 0 Å². The maximum atomic E-state index is 10.7. The standard InChI is InChI=1S/C7H11NO4S/c1-7(2)3(5(9)10)8-4(13-7)6(11)12/h3-4,8H,1-2H3,(H,9,10)(H,11,12)/t3-,4?/m0/s1. The number of aliphatic carboxylic acids is 2. The third-order valence-corrected chi connectivity index (χ3v) is 3.32. The average molecular weight is 205 g/mol. The first kappa shape index (κ1) is 10.3.